The summed E-state index contributed by atoms with van der Waals surface area (Å²) in [5.74, 6) is 0. The van der Waals surface area contributed by atoms with Gasteiger partial charge in [0.15, 0.2) is 0 Å². The minimum Gasteiger partial charge on any atom is -0.455 e. The molecule has 2 aromatic heterocycles. The Hall–Kier alpha value is -8.14. The fourth-order valence-electron chi connectivity index (χ4n) is 9.24. The first-order chi connectivity index (χ1) is 30.3. The molecule has 3 heteroatoms. The van der Waals surface area contributed by atoms with Crippen LogP contribution in [-0.4, -0.2) is 0 Å². The normalized spacial score (nSPS) is 11.6. The van der Waals surface area contributed by atoms with E-state index in [1.807, 2.05) is 12.1 Å². The van der Waals surface area contributed by atoms with Gasteiger partial charge in [-0.3, -0.25) is 0 Å². The molecule has 12 aromatic rings. The second-order valence-corrected chi connectivity index (χ2v) is 15.6. The summed E-state index contributed by atoms with van der Waals surface area (Å²) in [6.45, 7) is 0. The molecule has 0 saturated carbocycles. The summed E-state index contributed by atoms with van der Waals surface area (Å²) in [6.07, 6.45) is 0. The Balaban J connectivity index is 1.10. The average Bonchev–Trinajstić information content (AvgIpc) is 3.92. The molecule has 12 rings (SSSR count). The first kappa shape index (κ1) is 34.9. The highest BCUT2D eigenvalue weighted by Gasteiger charge is 2.24. The van der Waals surface area contributed by atoms with E-state index >= 15 is 0 Å². The molecule has 286 valence electrons. The number of para-hydroxylation sites is 2. The van der Waals surface area contributed by atoms with Crippen molar-refractivity contribution in [2.24, 2.45) is 0 Å². The highest BCUT2D eigenvalue weighted by atomic mass is 16.3. The number of nitrogens with zero attached hydrogens (tertiary/aromatic N) is 1. The molecule has 0 atom stereocenters. The van der Waals surface area contributed by atoms with Crippen molar-refractivity contribution in [3.63, 3.8) is 0 Å². The van der Waals surface area contributed by atoms with Crippen molar-refractivity contribution in [2.45, 2.75) is 0 Å². The standard InChI is InChI=1S/C58H37NO2/c1-4-15-38(16-5-1)39-27-31-43(32-28-39)59(44-33-29-41(30-34-44)46-24-14-25-50-48-22-12-13-26-53(48)60-57(46)50)52-37-51-56-54(61-58(51)49-23-11-10-21-47(49)52)36-35-45(40-17-6-2-7-18-40)55(56)42-19-8-3-9-20-42/h1-37H. The van der Waals surface area contributed by atoms with Crippen LogP contribution in [-0.2, 0) is 0 Å². The van der Waals surface area contributed by atoms with Crippen LogP contribution in [0.1, 0.15) is 0 Å². The lowest BCUT2D eigenvalue weighted by atomic mass is 9.90. The van der Waals surface area contributed by atoms with Crippen LogP contribution in [0.3, 0.4) is 0 Å². The first-order valence-electron chi connectivity index (χ1n) is 20.7. The van der Waals surface area contributed by atoms with Crippen molar-refractivity contribution in [2.75, 3.05) is 4.90 Å². The van der Waals surface area contributed by atoms with Gasteiger partial charge in [0.2, 0.25) is 0 Å². The minimum absolute atomic E-state index is 0.860. The maximum Gasteiger partial charge on any atom is 0.143 e. The molecule has 0 amide bonds. The zero-order chi connectivity index (χ0) is 40.3. The number of hydrogen-bond donors (Lipinski definition) is 0. The largest absolute Gasteiger partial charge is 0.455 e. The van der Waals surface area contributed by atoms with Crippen LogP contribution >= 0.6 is 0 Å². The van der Waals surface area contributed by atoms with Crippen molar-refractivity contribution >= 4 is 71.7 Å². The summed E-state index contributed by atoms with van der Waals surface area (Å²) in [7, 11) is 0. The summed E-state index contributed by atoms with van der Waals surface area (Å²) < 4.78 is 13.4. The lowest BCUT2D eigenvalue weighted by molar-refractivity contribution is 0.670. The highest BCUT2D eigenvalue weighted by molar-refractivity contribution is 6.24. The van der Waals surface area contributed by atoms with Gasteiger partial charge < -0.3 is 13.7 Å². The van der Waals surface area contributed by atoms with E-state index in [2.05, 4.69) is 217 Å². The number of anilines is 3. The van der Waals surface area contributed by atoms with E-state index in [9.17, 15) is 0 Å². The van der Waals surface area contributed by atoms with Gasteiger partial charge in [0.05, 0.1) is 5.69 Å². The van der Waals surface area contributed by atoms with Crippen LogP contribution < -0.4 is 4.90 Å². The van der Waals surface area contributed by atoms with Crippen LogP contribution in [0.15, 0.2) is 233 Å². The number of benzene rings is 10. The first-order valence-corrected chi connectivity index (χ1v) is 20.7. The summed E-state index contributed by atoms with van der Waals surface area (Å²) in [4.78, 5) is 2.39. The lowest BCUT2D eigenvalue weighted by Crippen LogP contribution is -2.10. The second kappa shape index (κ2) is 14.3. The minimum atomic E-state index is 0.860. The summed E-state index contributed by atoms with van der Waals surface area (Å²) >= 11 is 0. The molecular weight excluding hydrogens is 743 g/mol. The Morgan fingerprint density at radius 2 is 0.803 bits per heavy atom. The van der Waals surface area contributed by atoms with E-state index in [-0.39, 0.29) is 0 Å². The second-order valence-electron chi connectivity index (χ2n) is 15.6. The highest BCUT2D eigenvalue weighted by Crippen LogP contribution is 2.49. The Morgan fingerprint density at radius 3 is 1.51 bits per heavy atom. The molecule has 2 heterocycles. The van der Waals surface area contributed by atoms with Gasteiger partial charge in [-0.15, -0.1) is 0 Å². The van der Waals surface area contributed by atoms with Crippen LogP contribution in [0.25, 0.3) is 99.2 Å². The fraction of sp³-hybridized carbons (Fsp3) is 0. The lowest BCUT2D eigenvalue weighted by Gasteiger charge is -2.27. The van der Waals surface area contributed by atoms with Gasteiger partial charge in [0.25, 0.3) is 0 Å². The maximum atomic E-state index is 6.92. The van der Waals surface area contributed by atoms with Gasteiger partial charge in [-0.2, -0.15) is 0 Å². The van der Waals surface area contributed by atoms with Gasteiger partial charge in [-0.25, -0.2) is 0 Å². The van der Waals surface area contributed by atoms with E-state index in [1.165, 1.54) is 16.7 Å². The average molecular weight is 780 g/mol. The quantitative estimate of drug-likeness (QED) is 0.161. The molecule has 10 aromatic carbocycles. The molecule has 0 fully saturated rings. The Morgan fingerprint density at radius 1 is 0.295 bits per heavy atom. The Bertz CT molecular complexity index is 3550. The van der Waals surface area contributed by atoms with E-state index in [4.69, 9.17) is 8.83 Å². The Kier molecular flexibility index (Phi) is 8.17. The van der Waals surface area contributed by atoms with Gasteiger partial charge in [0.1, 0.15) is 22.3 Å². The zero-order valence-electron chi connectivity index (χ0n) is 33.1. The van der Waals surface area contributed by atoms with E-state index < -0.39 is 0 Å². The fourth-order valence-corrected chi connectivity index (χ4v) is 9.24. The third-order valence-electron chi connectivity index (χ3n) is 12.1. The number of hydrogen-bond acceptors (Lipinski definition) is 3. The van der Waals surface area contributed by atoms with Gasteiger partial charge in [-0.05, 0) is 75.8 Å². The van der Waals surface area contributed by atoms with Crippen molar-refractivity contribution in [3.8, 4) is 44.5 Å². The van der Waals surface area contributed by atoms with Crippen LogP contribution in [0, 0.1) is 0 Å². The van der Waals surface area contributed by atoms with E-state index in [1.54, 1.807) is 0 Å². The van der Waals surface area contributed by atoms with Gasteiger partial charge in [0, 0.05) is 54.8 Å². The third kappa shape index (κ3) is 5.82. The van der Waals surface area contributed by atoms with E-state index in [0.29, 0.717) is 0 Å². The van der Waals surface area contributed by atoms with Crippen LogP contribution in [0.4, 0.5) is 17.1 Å². The molecule has 0 aliphatic rings. The van der Waals surface area contributed by atoms with Crippen molar-refractivity contribution < 1.29 is 8.83 Å². The molecule has 3 nitrogen and oxygen atoms in total. The molecule has 0 radical (unpaired) electrons. The SMILES string of the molecule is c1ccc(-c2ccc(N(c3ccc(-c4cccc5c4oc4ccccc45)cc3)c3cc4c(oc5ccc(-c6ccccc6)c(-c6ccccc6)c54)c4ccccc34)cc2)cc1. The van der Waals surface area contributed by atoms with Crippen molar-refractivity contribution in [3.05, 3.63) is 224 Å². The van der Waals surface area contributed by atoms with Gasteiger partial charge in [-0.1, -0.05) is 182 Å². The van der Waals surface area contributed by atoms with E-state index in [0.717, 1.165) is 99.5 Å². The van der Waals surface area contributed by atoms with Crippen molar-refractivity contribution in [1.82, 2.24) is 0 Å². The van der Waals surface area contributed by atoms with Crippen LogP contribution in [0.2, 0.25) is 0 Å². The molecule has 0 aliphatic heterocycles. The number of fused-ring (bicyclic) bond motifs is 8. The van der Waals surface area contributed by atoms with Crippen molar-refractivity contribution in [1.29, 1.82) is 0 Å². The predicted molar refractivity (Wildman–Crippen MR) is 255 cm³/mol. The summed E-state index contributed by atoms with van der Waals surface area (Å²) in [5, 5.41) is 6.58. The van der Waals surface area contributed by atoms with Gasteiger partial charge >= 0.3 is 0 Å². The molecular formula is C58H37NO2. The molecule has 0 unspecified atom stereocenters. The smallest absolute Gasteiger partial charge is 0.143 e. The summed E-state index contributed by atoms with van der Waals surface area (Å²) in [6, 6.07) is 79.8. The molecule has 0 bridgehead atoms. The number of furan rings is 2. The monoisotopic (exact) mass is 779 g/mol. The molecule has 61 heavy (non-hydrogen) atoms. The predicted octanol–water partition coefficient (Wildman–Crippen LogP) is 16.8. The Labute approximate surface area is 353 Å². The summed E-state index contributed by atoms with van der Waals surface area (Å²) in [5.41, 5.74) is 15.8. The molecule has 0 saturated heterocycles. The third-order valence-corrected chi connectivity index (χ3v) is 12.1. The molecule has 0 spiro atoms. The maximum absolute atomic E-state index is 6.92. The zero-order valence-corrected chi connectivity index (χ0v) is 33.1. The van der Waals surface area contributed by atoms with Crippen LogP contribution in [0.5, 0.6) is 0 Å². The topological polar surface area (TPSA) is 29.5 Å². The molecule has 0 N–H and O–H groups in total. The molecule has 0 aliphatic carbocycles. The number of rotatable bonds is 7.